The number of nitrogens with two attached hydrogens (primary N) is 1. The van der Waals surface area contributed by atoms with Gasteiger partial charge in [0, 0.05) is 24.3 Å². The molecule has 0 spiro atoms. The van der Waals surface area contributed by atoms with Crippen molar-refractivity contribution < 1.29 is 9.59 Å². The van der Waals surface area contributed by atoms with E-state index in [2.05, 4.69) is 5.32 Å². The van der Waals surface area contributed by atoms with Crippen molar-refractivity contribution in [2.24, 2.45) is 5.73 Å². The van der Waals surface area contributed by atoms with Gasteiger partial charge >= 0.3 is 0 Å². The number of carbonyl (C=O) groups is 2. The largest absolute Gasteiger partial charge is 0.339 e. The Morgan fingerprint density at radius 2 is 1.54 bits per heavy atom. The number of benzene rings is 2. The molecular formula is C20H26ClN3O2. The van der Waals surface area contributed by atoms with Crippen LogP contribution in [-0.4, -0.2) is 29.8 Å². The number of carbonyl (C=O) groups excluding carboxylic acids is 2. The van der Waals surface area contributed by atoms with Crippen molar-refractivity contribution in [2.45, 2.75) is 26.3 Å². The minimum absolute atomic E-state index is 0. The van der Waals surface area contributed by atoms with Gasteiger partial charge in [0.05, 0.1) is 0 Å². The smallest absolute Gasteiger partial charge is 0.253 e. The van der Waals surface area contributed by atoms with Crippen molar-refractivity contribution in [3.8, 4) is 0 Å². The van der Waals surface area contributed by atoms with E-state index in [1.807, 2.05) is 44.2 Å². The number of halogens is 1. The van der Waals surface area contributed by atoms with Crippen molar-refractivity contribution in [1.82, 2.24) is 4.90 Å². The highest BCUT2D eigenvalue weighted by atomic mass is 35.5. The maximum absolute atomic E-state index is 12.5. The van der Waals surface area contributed by atoms with Gasteiger partial charge in [-0.25, -0.2) is 0 Å². The van der Waals surface area contributed by atoms with Gasteiger partial charge in [-0.3, -0.25) is 9.59 Å². The number of nitrogens with zero attached hydrogens (tertiary/aromatic N) is 1. The van der Waals surface area contributed by atoms with Crippen LogP contribution in [0.15, 0.2) is 54.6 Å². The van der Waals surface area contributed by atoms with Gasteiger partial charge in [-0.1, -0.05) is 30.3 Å². The van der Waals surface area contributed by atoms with E-state index in [-0.39, 0.29) is 24.2 Å². The first-order chi connectivity index (χ1) is 11.9. The maximum Gasteiger partial charge on any atom is 0.253 e. The van der Waals surface area contributed by atoms with Crippen LogP contribution >= 0.6 is 12.4 Å². The lowest BCUT2D eigenvalue weighted by Gasteiger charge is -2.24. The third kappa shape index (κ3) is 4.84. The molecule has 6 heteroatoms. The van der Waals surface area contributed by atoms with Gasteiger partial charge in [0.1, 0.15) is 5.54 Å². The second-order valence-electron chi connectivity index (χ2n) is 6.08. The molecule has 0 saturated heterocycles. The average molecular weight is 376 g/mol. The van der Waals surface area contributed by atoms with E-state index >= 15 is 0 Å². The van der Waals surface area contributed by atoms with Crippen LogP contribution < -0.4 is 11.1 Å². The molecule has 0 heterocycles. The standard InChI is InChI=1S/C20H25N3O2.ClH/c1-4-23(5-2)18(24)15-11-13-17(14-12-15)22-19(25)20(3,21)16-9-7-6-8-10-16;/h6-14H,4-5,21H2,1-3H3,(H,22,25);1H. The van der Waals surface area contributed by atoms with E-state index in [9.17, 15) is 9.59 Å². The minimum Gasteiger partial charge on any atom is -0.339 e. The molecule has 0 aromatic heterocycles. The molecule has 0 radical (unpaired) electrons. The summed E-state index contributed by atoms with van der Waals surface area (Å²) in [4.78, 5) is 26.6. The molecule has 26 heavy (non-hydrogen) atoms. The first-order valence-electron chi connectivity index (χ1n) is 8.45. The average Bonchev–Trinajstić information content (AvgIpc) is 2.64. The SMILES string of the molecule is CCN(CC)C(=O)c1ccc(NC(=O)C(C)(N)c2ccccc2)cc1.Cl. The Bertz CT molecular complexity index is 726. The van der Waals surface area contributed by atoms with Crippen LogP contribution in [0.25, 0.3) is 0 Å². The lowest BCUT2D eigenvalue weighted by molar-refractivity contribution is -0.120. The van der Waals surface area contributed by atoms with Crippen LogP contribution in [0.3, 0.4) is 0 Å². The molecule has 1 unspecified atom stereocenters. The Hall–Kier alpha value is -2.37. The van der Waals surface area contributed by atoms with E-state index in [4.69, 9.17) is 5.73 Å². The molecule has 1 atom stereocenters. The molecule has 0 fully saturated rings. The normalized spacial score (nSPS) is 12.5. The topological polar surface area (TPSA) is 75.4 Å². The van der Waals surface area contributed by atoms with E-state index in [1.165, 1.54) is 0 Å². The Morgan fingerprint density at radius 3 is 2.04 bits per heavy atom. The number of rotatable bonds is 6. The maximum atomic E-state index is 12.5. The summed E-state index contributed by atoms with van der Waals surface area (Å²) in [6.07, 6.45) is 0. The summed E-state index contributed by atoms with van der Waals surface area (Å²) in [6, 6.07) is 16.1. The summed E-state index contributed by atoms with van der Waals surface area (Å²) in [5, 5.41) is 2.82. The van der Waals surface area contributed by atoms with Gasteiger partial charge in [0.15, 0.2) is 0 Å². The quantitative estimate of drug-likeness (QED) is 0.812. The molecule has 2 amide bonds. The molecule has 2 aromatic rings. The lowest BCUT2D eigenvalue weighted by Crippen LogP contribution is -2.45. The number of nitrogens with one attached hydrogen (secondary N) is 1. The summed E-state index contributed by atoms with van der Waals surface area (Å²) in [5.74, 6) is -0.322. The van der Waals surface area contributed by atoms with Crippen molar-refractivity contribution in [3.63, 3.8) is 0 Å². The molecule has 140 valence electrons. The van der Waals surface area contributed by atoms with Crippen LogP contribution in [0.5, 0.6) is 0 Å². The molecule has 2 aromatic carbocycles. The van der Waals surface area contributed by atoms with Gasteiger partial charge < -0.3 is 16.0 Å². The summed E-state index contributed by atoms with van der Waals surface area (Å²) in [5.41, 5.74) is 7.01. The highest BCUT2D eigenvalue weighted by molar-refractivity contribution is 5.99. The highest BCUT2D eigenvalue weighted by Crippen LogP contribution is 2.20. The summed E-state index contributed by atoms with van der Waals surface area (Å²) in [6.45, 7) is 6.89. The zero-order valence-electron chi connectivity index (χ0n) is 15.4. The third-order valence-corrected chi connectivity index (χ3v) is 4.29. The Balaban J connectivity index is 0.00000338. The van der Waals surface area contributed by atoms with Crippen LogP contribution in [0.4, 0.5) is 5.69 Å². The van der Waals surface area contributed by atoms with Crippen molar-refractivity contribution in [3.05, 3.63) is 65.7 Å². The first kappa shape index (κ1) is 21.7. The summed E-state index contributed by atoms with van der Waals surface area (Å²) >= 11 is 0. The number of anilines is 1. The summed E-state index contributed by atoms with van der Waals surface area (Å²) < 4.78 is 0. The predicted octanol–water partition coefficient (Wildman–Crippen LogP) is 3.40. The number of amides is 2. The van der Waals surface area contributed by atoms with Gasteiger partial charge in [0.25, 0.3) is 5.91 Å². The second-order valence-corrected chi connectivity index (χ2v) is 6.08. The fourth-order valence-corrected chi connectivity index (χ4v) is 2.57. The van der Waals surface area contributed by atoms with Crippen molar-refractivity contribution in [2.75, 3.05) is 18.4 Å². The molecule has 0 aliphatic heterocycles. The molecule has 2 rings (SSSR count). The van der Waals surface area contributed by atoms with Crippen LogP contribution in [0.1, 0.15) is 36.7 Å². The van der Waals surface area contributed by atoms with Gasteiger partial charge in [-0.15, -0.1) is 12.4 Å². The minimum atomic E-state index is -1.14. The monoisotopic (exact) mass is 375 g/mol. The van der Waals surface area contributed by atoms with Crippen LogP contribution in [0.2, 0.25) is 0 Å². The molecule has 0 aliphatic rings. The molecule has 0 aliphatic carbocycles. The molecular weight excluding hydrogens is 350 g/mol. The number of hydrogen-bond donors (Lipinski definition) is 2. The van der Waals surface area contributed by atoms with E-state index in [0.29, 0.717) is 24.3 Å². The highest BCUT2D eigenvalue weighted by Gasteiger charge is 2.30. The van der Waals surface area contributed by atoms with E-state index in [1.54, 1.807) is 36.1 Å². The second kappa shape index (κ2) is 9.36. The third-order valence-electron chi connectivity index (χ3n) is 4.29. The number of hydrogen-bond acceptors (Lipinski definition) is 3. The van der Waals surface area contributed by atoms with Crippen molar-refractivity contribution in [1.29, 1.82) is 0 Å². The zero-order chi connectivity index (χ0) is 18.4. The molecule has 0 saturated carbocycles. The first-order valence-corrected chi connectivity index (χ1v) is 8.45. The fourth-order valence-electron chi connectivity index (χ4n) is 2.57. The van der Waals surface area contributed by atoms with Gasteiger partial charge in [-0.05, 0) is 50.6 Å². The predicted molar refractivity (Wildman–Crippen MR) is 108 cm³/mol. The van der Waals surface area contributed by atoms with E-state index in [0.717, 1.165) is 5.56 Å². The van der Waals surface area contributed by atoms with Gasteiger partial charge in [0.2, 0.25) is 5.91 Å². The fraction of sp³-hybridized carbons (Fsp3) is 0.300. The Kier molecular flexibility index (Phi) is 7.80. The Labute approximate surface area is 161 Å². The van der Waals surface area contributed by atoms with Crippen molar-refractivity contribution >= 4 is 29.9 Å². The Morgan fingerprint density at radius 1 is 1.00 bits per heavy atom. The van der Waals surface area contributed by atoms with Gasteiger partial charge in [-0.2, -0.15) is 0 Å². The summed E-state index contributed by atoms with van der Waals surface area (Å²) in [7, 11) is 0. The van der Waals surface area contributed by atoms with Crippen LogP contribution in [0, 0.1) is 0 Å². The van der Waals surface area contributed by atoms with E-state index < -0.39 is 5.54 Å². The van der Waals surface area contributed by atoms with Crippen LogP contribution in [-0.2, 0) is 10.3 Å². The zero-order valence-corrected chi connectivity index (χ0v) is 16.2. The molecule has 3 N–H and O–H groups in total. The molecule has 5 nitrogen and oxygen atoms in total. The lowest BCUT2D eigenvalue weighted by atomic mass is 9.92. The molecule has 0 bridgehead atoms.